The van der Waals surface area contributed by atoms with E-state index in [0.717, 1.165) is 22.0 Å². The summed E-state index contributed by atoms with van der Waals surface area (Å²) in [6, 6.07) is 7.90. The van der Waals surface area contributed by atoms with Gasteiger partial charge in [-0.25, -0.2) is 0 Å². The quantitative estimate of drug-likeness (QED) is 0.764. The lowest BCUT2D eigenvalue weighted by Crippen LogP contribution is -2.12. The van der Waals surface area contributed by atoms with Gasteiger partial charge in [0.05, 0.1) is 10.6 Å². The summed E-state index contributed by atoms with van der Waals surface area (Å²) < 4.78 is 6.72. The molecule has 13 heavy (non-hydrogen) atoms. The average molecular weight is 308 g/mol. The zero-order chi connectivity index (χ0) is 9.68. The van der Waals surface area contributed by atoms with E-state index in [0.29, 0.717) is 0 Å². The first kappa shape index (κ1) is 11.1. The number of halogens is 2. The second-order valence-corrected chi connectivity index (χ2v) is 4.48. The molecule has 0 bridgehead atoms. The van der Waals surface area contributed by atoms with Crippen LogP contribution in [0.2, 0.25) is 0 Å². The molecule has 0 fully saturated rings. The van der Waals surface area contributed by atoms with Crippen LogP contribution in [0.4, 0.5) is 0 Å². The molecule has 0 heterocycles. The van der Waals surface area contributed by atoms with Crippen LogP contribution in [0.1, 0.15) is 13.3 Å². The summed E-state index contributed by atoms with van der Waals surface area (Å²) in [4.78, 5) is 0. The molecule has 1 aromatic carbocycles. The molecule has 1 aromatic rings. The van der Waals surface area contributed by atoms with Crippen LogP contribution in [0, 0.1) is 0 Å². The van der Waals surface area contributed by atoms with Crippen LogP contribution < -0.4 is 4.74 Å². The predicted octanol–water partition coefficient (Wildman–Crippen LogP) is 4.00. The fraction of sp³-hybridized carbons (Fsp3) is 0.400. The Hall–Kier alpha value is -0.0200. The van der Waals surface area contributed by atoms with Crippen LogP contribution in [0.25, 0.3) is 0 Å². The molecule has 0 N–H and O–H groups in total. The highest BCUT2D eigenvalue weighted by Gasteiger charge is 2.04. The number of rotatable bonds is 4. The molecule has 0 saturated carbocycles. The van der Waals surface area contributed by atoms with Gasteiger partial charge in [0.15, 0.2) is 0 Å². The molecule has 72 valence electrons. The van der Waals surface area contributed by atoms with Crippen molar-refractivity contribution < 1.29 is 4.74 Å². The van der Waals surface area contributed by atoms with E-state index in [-0.39, 0.29) is 6.10 Å². The Bertz CT molecular complexity index is 263. The molecule has 1 atom stereocenters. The minimum absolute atomic E-state index is 0.248. The molecule has 0 saturated heterocycles. The first-order valence-corrected chi connectivity index (χ1v) is 6.12. The third kappa shape index (κ3) is 3.69. The zero-order valence-electron chi connectivity index (χ0n) is 7.47. The van der Waals surface area contributed by atoms with Gasteiger partial charge in [-0.3, -0.25) is 0 Å². The van der Waals surface area contributed by atoms with Gasteiger partial charge >= 0.3 is 0 Å². The van der Waals surface area contributed by atoms with Gasteiger partial charge in [-0.1, -0.05) is 28.1 Å². The van der Waals surface area contributed by atoms with Crippen LogP contribution in [0.5, 0.6) is 5.75 Å². The van der Waals surface area contributed by atoms with Crippen molar-refractivity contribution in [3.63, 3.8) is 0 Å². The summed E-state index contributed by atoms with van der Waals surface area (Å²) in [7, 11) is 0. The van der Waals surface area contributed by atoms with Crippen LogP contribution in [0.3, 0.4) is 0 Å². The molecule has 0 spiro atoms. The van der Waals surface area contributed by atoms with Gasteiger partial charge in [0, 0.05) is 5.33 Å². The summed E-state index contributed by atoms with van der Waals surface area (Å²) in [6.07, 6.45) is 1.26. The smallest absolute Gasteiger partial charge is 0.133 e. The van der Waals surface area contributed by atoms with E-state index < -0.39 is 0 Å². The van der Waals surface area contributed by atoms with Crippen molar-refractivity contribution >= 4 is 31.9 Å². The number of ether oxygens (including phenoxy) is 1. The molecule has 0 amide bonds. The highest BCUT2D eigenvalue weighted by atomic mass is 79.9. The van der Waals surface area contributed by atoms with Crippen LogP contribution in [-0.4, -0.2) is 11.4 Å². The maximum absolute atomic E-state index is 5.71. The van der Waals surface area contributed by atoms with Crippen molar-refractivity contribution in [3.05, 3.63) is 28.7 Å². The Balaban J connectivity index is 2.58. The summed E-state index contributed by atoms with van der Waals surface area (Å²) >= 11 is 6.83. The zero-order valence-corrected chi connectivity index (χ0v) is 10.6. The molecule has 0 aliphatic carbocycles. The SMILES string of the molecule is C[C@H](CCBr)Oc1ccccc1Br. The number of hydrogen-bond acceptors (Lipinski definition) is 1. The lowest BCUT2D eigenvalue weighted by atomic mass is 10.3. The van der Waals surface area contributed by atoms with Crippen LogP contribution >= 0.6 is 31.9 Å². The summed E-state index contributed by atoms with van der Waals surface area (Å²) in [5, 5.41) is 0.971. The maximum Gasteiger partial charge on any atom is 0.133 e. The third-order valence-electron chi connectivity index (χ3n) is 1.68. The van der Waals surface area contributed by atoms with Crippen molar-refractivity contribution in [2.24, 2.45) is 0 Å². The van der Waals surface area contributed by atoms with E-state index >= 15 is 0 Å². The molecule has 0 aliphatic heterocycles. The molecular weight excluding hydrogens is 296 g/mol. The van der Waals surface area contributed by atoms with Gasteiger partial charge in [-0.2, -0.15) is 0 Å². The number of para-hydroxylation sites is 1. The third-order valence-corrected chi connectivity index (χ3v) is 2.79. The first-order valence-electron chi connectivity index (χ1n) is 4.21. The Kier molecular flexibility index (Phi) is 4.81. The Morgan fingerprint density at radius 2 is 2.08 bits per heavy atom. The van der Waals surface area contributed by atoms with E-state index in [1.165, 1.54) is 0 Å². The minimum Gasteiger partial charge on any atom is -0.490 e. The standard InChI is InChI=1S/C10H12Br2O/c1-8(6-7-11)13-10-5-3-2-4-9(10)12/h2-5,8H,6-7H2,1H3/t8-/m1/s1. The van der Waals surface area contributed by atoms with Gasteiger partial charge in [0.1, 0.15) is 5.75 Å². The highest BCUT2D eigenvalue weighted by molar-refractivity contribution is 9.10. The van der Waals surface area contributed by atoms with E-state index in [1.807, 2.05) is 24.3 Å². The van der Waals surface area contributed by atoms with Crippen molar-refractivity contribution in [3.8, 4) is 5.75 Å². The lowest BCUT2D eigenvalue weighted by molar-refractivity contribution is 0.217. The van der Waals surface area contributed by atoms with Gasteiger partial charge in [-0.15, -0.1) is 0 Å². The van der Waals surface area contributed by atoms with Crippen molar-refractivity contribution in [2.45, 2.75) is 19.4 Å². The molecular formula is C10H12Br2O. The van der Waals surface area contributed by atoms with Crippen LogP contribution in [0.15, 0.2) is 28.7 Å². The molecule has 0 aliphatic rings. The molecule has 3 heteroatoms. The minimum atomic E-state index is 0.248. The fourth-order valence-electron chi connectivity index (χ4n) is 0.970. The van der Waals surface area contributed by atoms with Crippen molar-refractivity contribution in [1.29, 1.82) is 0 Å². The van der Waals surface area contributed by atoms with Crippen LogP contribution in [-0.2, 0) is 0 Å². The monoisotopic (exact) mass is 306 g/mol. The number of alkyl halides is 1. The molecule has 1 nitrogen and oxygen atoms in total. The molecule has 0 unspecified atom stereocenters. The summed E-state index contributed by atoms with van der Waals surface area (Å²) in [5.41, 5.74) is 0. The molecule has 1 rings (SSSR count). The van der Waals surface area contributed by atoms with E-state index in [4.69, 9.17) is 4.74 Å². The van der Waals surface area contributed by atoms with Gasteiger partial charge in [0.2, 0.25) is 0 Å². The average Bonchev–Trinajstić information content (AvgIpc) is 2.09. The van der Waals surface area contributed by atoms with E-state index in [2.05, 4.69) is 38.8 Å². The highest BCUT2D eigenvalue weighted by Crippen LogP contribution is 2.25. The Morgan fingerprint density at radius 3 is 2.69 bits per heavy atom. The topological polar surface area (TPSA) is 9.23 Å². The number of hydrogen-bond donors (Lipinski definition) is 0. The predicted molar refractivity (Wildman–Crippen MR) is 62.6 cm³/mol. The second-order valence-electron chi connectivity index (χ2n) is 2.84. The van der Waals surface area contributed by atoms with E-state index in [1.54, 1.807) is 0 Å². The Morgan fingerprint density at radius 1 is 1.38 bits per heavy atom. The first-order chi connectivity index (χ1) is 6.24. The largest absolute Gasteiger partial charge is 0.490 e. The van der Waals surface area contributed by atoms with Gasteiger partial charge in [-0.05, 0) is 41.4 Å². The summed E-state index contributed by atoms with van der Waals surface area (Å²) in [6.45, 7) is 2.07. The van der Waals surface area contributed by atoms with Gasteiger partial charge < -0.3 is 4.74 Å². The number of benzene rings is 1. The second kappa shape index (κ2) is 5.66. The van der Waals surface area contributed by atoms with E-state index in [9.17, 15) is 0 Å². The van der Waals surface area contributed by atoms with Crippen molar-refractivity contribution in [2.75, 3.05) is 5.33 Å². The summed E-state index contributed by atoms with van der Waals surface area (Å²) in [5.74, 6) is 0.913. The normalized spacial score (nSPS) is 12.5. The maximum atomic E-state index is 5.71. The Labute approximate surface area is 95.7 Å². The fourth-order valence-corrected chi connectivity index (χ4v) is 1.99. The van der Waals surface area contributed by atoms with Crippen molar-refractivity contribution in [1.82, 2.24) is 0 Å². The molecule has 0 aromatic heterocycles. The molecule has 0 radical (unpaired) electrons. The lowest BCUT2D eigenvalue weighted by Gasteiger charge is -2.14. The van der Waals surface area contributed by atoms with Gasteiger partial charge in [0.25, 0.3) is 0 Å².